The first-order valence-electron chi connectivity index (χ1n) is 29.2. The molecule has 12 rings (SSSR count). The summed E-state index contributed by atoms with van der Waals surface area (Å²) in [4.78, 5) is 9.80. The van der Waals surface area contributed by atoms with Gasteiger partial charge in [-0.25, -0.2) is 0 Å². The molecule has 0 saturated carbocycles. The maximum atomic E-state index is 10.0. The molecule has 10 nitrogen and oxygen atoms in total. The molecular formula is C74H67Cl2I2N9OS3. The quantitative estimate of drug-likeness (QED) is 0.0457. The summed E-state index contributed by atoms with van der Waals surface area (Å²) in [6.07, 6.45) is 22.1. The molecule has 460 valence electrons. The van der Waals surface area contributed by atoms with Crippen LogP contribution in [-0.2, 0) is 19.6 Å². The molecular weight excluding hydrogens is 1450 g/mol. The van der Waals surface area contributed by atoms with Gasteiger partial charge in [0, 0.05) is 77.1 Å². The van der Waals surface area contributed by atoms with E-state index in [1.54, 1.807) is 42.4 Å². The normalized spacial score (nSPS) is 14.4. The molecule has 9 aromatic rings. The molecule has 17 heteroatoms. The Balaban J connectivity index is 0.000000191. The second-order valence-electron chi connectivity index (χ2n) is 20.7. The molecule has 6 aromatic carbocycles. The number of fused-ring (bicyclic) bond motifs is 6. The van der Waals surface area contributed by atoms with Gasteiger partial charge in [0.1, 0.15) is 43.6 Å². The number of hydrogen-bond donors (Lipinski definition) is 0. The third kappa shape index (κ3) is 15.9. The Morgan fingerprint density at radius 3 is 1.52 bits per heavy atom. The van der Waals surface area contributed by atoms with Crippen molar-refractivity contribution < 1.29 is 78.8 Å². The van der Waals surface area contributed by atoms with Crippen molar-refractivity contribution in [2.45, 2.75) is 67.9 Å². The van der Waals surface area contributed by atoms with E-state index in [4.69, 9.17) is 16.3 Å². The number of para-hydroxylation sites is 4. The Kier molecular flexibility index (Phi) is 26.3. The fourth-order valence-corrected chi connectivity index (χ4v) is 14.6. The van der Waals surface area contributed by atoms with E-state index >= 15 is 0 Å². The Hall–Kier alpha value is -7.51. The van der Waals surface area contributed by atoms with Crippen LogP contribution >= 0.6 is 46.9 Å². The third-order valence-electron chi connectivity index (χ3n) is 15.4. The van der Waals surface area contributed by atoms with Gasteiger partial charge in [0.2, 0.25) is 16.6 Å². The third-order valence-corrected chi connectivity index (χ3v) is 19.3. The Morgan fingerprint density at radius 2 is 0.989 bits per heavy atom. The molecule has 3 aromatic heterocycles. The van der Waals surface area contributed by atoms with Crippen molar-refractivity contribution >= 4 is 115 Å². The van der Waals surface area contributed by atoms with Gasteiger partial charge in [-0.15, -0.1) is 6.58 Å². The van der Waals surface area contributed by atoms with Crippen molar-refractivity contribution in [1.29, 1.82) is 15.8 Å². The van der Waals surface area contributed by atoms with E-state index in [1.807, 2.05) is 105 Å². The Labute approximate surface area is 592 Å². The monoisotopic (exact) mass is 1520 g/mol. The zero-order chi connectivity index (χ0) is 61.7. The lowest BCUT2D eigenvalue weighted by Gasteiger charge is -2.20. The number of halogens is 4. The van der Waals surface area contributed by atoms with Crippen LogP contribution in [0.3, 0.4) is 0 Å². The van der Waals surface area contributed by atoms with Crippen molar-refractivity contribution in [3.8, 4) is 24.0 Å². The highest BCUT2D eigenvalue weighted by Gasteiger charge is 2.28. The first kappa shape index (κ1) is 70.9. The molecule has 0 saturated heterocycles. The van der Waals surface area contributed by atoms with Crippen molar-refractivity contribution in [1.82, 2.24) is 0 Å². The Bertz CT molecular complexity index is 4500. The number of ether oxygens (including phenoxy) is 1. The van der Waals surface area contributed by atoms with Gasteiger partial charge in [0.25, 0.3) is 0 Å². The molecule has 0 aliphatic carbocycles. The van der Waals surface area contributed by atoms with Gasteiger partial charge in [-0.2, -0.15) is 29.5 Å². The minimum Gasteiger partial charge on any atom is -1.00 e. The van der Waals surface area contributed by atoms with E-state index < -0.39 is 0 Å². The molecule has 0 fully saturated rings. The van der Waals surface area contributed by atoms with Gasteiger partial charge >= 0.3 is 0 Å². The second-order valence-corrected chi connectivity index (χ2v) is 24.2. The van der Waals surface area contributed by atoms with Crippen LogP contribution in [0.4, 0.5) is 17.1 Å². The molecule has 0 unspecified atom stereocenters. The zero-order valence-electron chi connectivity index (χ0n) is 51.3. The van der Waals surface area contributed by atoms with E-state index in [9.17, 15) is 15.8 Å². The highest BCUT2D eigenvalue weighted by molar-refractivity contribution is 8.04. The summed E-state index contributed by atoms with van der Waals surface area (Å²) in [5.41, 5.74) is 12.1. The second kappa shape index (κ2) is 33.7. The van der Waals surface area contributed by atoms with E-state index in [2.05, 4.69) is 196 Å². The molecule has 0 spiro atoms. The number of hydrogen-bond acceptors (Lipinski definition) is 10. The van der Waals surface area contributed by atoms with Gasteiger partial charge < -0.3 is 79.8 Å². The van der Waals surface area contributed by atoms with Crippen LogP contribution in [-0.4, -0.2) is 27.7 Å². The van der Waals surface area contributed by atoms with Crippen molar-refractivity contribution in [3.63, 3.8) is 0 Å². The number of thioether (sulfide) groups is 3. The van der Waals surface area contributed by atoms with Crippen molar-refractivity contribution in [2.75, 3.05) is 42.4 Å². The fourth-order valence-electron chi connectivity index (χ4n) is 10.9. The number of allylic oxidation sites excluding steroid dienone is 6. The van der Waals surface area contributed by atoms with E-state index in [0.29, 0.717) is 21.7 Å². The van der Waals surface area contributed by atoms with E-state index in [0.717, 1.165) is 109 Å². The van der Waals surface area contributed by atoms with Gasteiger partial charge in [0.15, 0.2) is 18.6 Å². The van der Waals surface area contributed by atoms with Gasteiger partial charge in [0.05, 0.1) is 78.2 Å². The summed E-state index contributed by atoms with van der Waals surface area (Å²) in [6, 6.07) is 58.7. The lowest BCUT2D eigenvalue weighted by molar-refractivity contribution is -0.671. The van der Waals surface area contributed by atoms with Crippen molar-refractivity contribution in [3.05, 3.63) is 255 Å². The van der Waals surface area contributed by atoms with Crippen LogP contribution in [0.2, 0.25) is 5.02 Å². The summed E-state index contributed by atoms with van der Waals surface area (Å²) in [6.45, 7) is 13.9. The largest absolute Gasteiger partial charge is 1.00 e. The van der Waals surface area contributed by atoms with Gasteiger partial charge in [-0.05, 0) is 122 Å². The molecule has 3 aliphatic rings. The highest BCUT2D eigenvalue weighted by atomic mass is 127. The number of benzene rings is 6. The van der Waals surface area contributed by atoms with Crippen molar-refractivity contribution in [2.24, 2.45) is 0 Å². The van der Waals surface area contributed by atoms with Crippen LogP contribution in [0.5, 0.6) is 5.75 Å². The van der Waals surface area contributed by atoms with E-state index in [1.165, 1.54) is 31.6 Å². The SMILES string of the molecule is C=CCCN1/C(=C(C#N)\C=C\c2cc[n+](CC)c3cc(OC)ccc23)Sc2ccccc21.CCC[n+]1ccc(/C=C/C(C#N)=C2/Sc3cc(Cl)ccc3N2C)c2ccccc21.CC[n+]1ccc(/C=C/C(C#N)=C2/Sc3ccccc3N2C)c2ccccc21.[Cl-].[I-].[I-]. The minimum atomic E-state index is 0. The predicted octanol–water partition coefficient (Wildman–Crippen LogP) is 8.42. The standard InChI is InChI=1S/C27H26N3OS.C24H21ClN3S.C23H20N3S.ClH.2HI/c1-4-6-16-30-24-9-7-8-10-26(24)32-27(30)21(19-28)12-11-20-15-17-29(5-2)25-18-22(31-3)13-14-23(20)25;1-3-13-28-14-12-17(20-6-4-5-7-21(20)28)8-9-18(16-26)24-27(2)22-11-10-19(25)15-23(22)29-24;1-3-26-15-14-17(19-8-4-5-9-20(19)26)12-13-18(16-24)23-25(2)21-10-6-7-11-22(21)27-23;;;/h4,7-15,17-18H,1,5-6,16H2,2-3H3;4-12,14-15H,3,13H2,1-2H3;4-15H,3H2,1-2H3;3*1H/q3*+1;;;/p-3. The molecule has 6 heterocycles. The summed E-state index contributed by atoms with van der Waals surface area (Å²) >= 11 is 11.0. The number of rotatable bonds is 14. The number of aryl methyl sites for hydroxylation is 3. The molecule has 91 heavy (non-hydrogen) atoms. The molecule has 3 aliphatic heterocycles. The smallest absolute Gasteiger partial charge is 0.216 e. The van der Waals surface area contributed by atoms with Gasteiger partial charge in [-0.3, -0.25) is 0 Å². The van der Waals surface area contributed by atoms with Crippen LogP contribution in [0.15, 0.2) is 248 Å². The molecule has 0 N–H and O–H groups in total. The molecule has 0 bridgehead atoms. The lowest BCUT2D eigenvalue weighted by atomic mass is 10.1. The average molecular weight is 1520 g/mol. The number of nitriles is 3. The average Bonchev–Trinajstić information content (AvgIpc) is 1.85. The predicted molar refractivity (Wildman–Crippen MR) is 367 cm³/mol. The van der Waals surface area contributed by atoms with Gasteiger partial charge in [-0.1, -0.05) is 127 Å². The lowest BCUT2D eigenvalue weighted by Crippen LogP contribution is -3.00. The molecule has 0 amide bonds. The topological polar surface area (TPSA) is 102 Å². The number of pyridine rings is 3. The van der Waals surface area contributed by atoms with Crippen LogP contribution in [0.1, 0.15) is 50.3 Å². The first-order valence-corrected chi connectivity index (χ1v) is 32.0. The van der Waals surface area contributed by atoms with Crippen LogP contribution < -0.4 is 93.5 Å². The maximum Gasteiger partial charge on any atom is 0.216 e. The van der Waals surface area contributed by atoms with Crippen LogP contribution in [0, 0.1) is 34.0 Å². The number of methoxy groups -OCH3 is 1. The maximum absolute atomic E-state index is 10.0. The Morgan fingerprint density at radius 1 is 0.538 bits per heavy atom. The highest BCUT2D eigenvalue weighted by Crippen LogP contribution is 2.49. The zero-order valence-corrected chi connectivity index (χ0v) is 59.6. The number of anilines is 3. The van der Waals surface area contributed by atoms with Crippen LogP contribution in [0.25, 0.3) is 50.9 Å². The van der Waals surface area contributed by atoms with E-state index in [-0.39, 0.29) is 60.4 Å². The fraction of sp³-hybridized carbons (Fsp3) is 0.162. The molecule has 0 radical (unpaired) electrons. The molecule has 0 atom stereocenters. The summed E-state index contributed by atoms with van der Waals surface area (Å²) in [7, 11) is 5.68. The minimum absolute atomic E-state index is 0. The number of aromatic nitrogens is 3. The summed E-state index contributed by atoms with van der Waals surface area (Å²) in [5, 5.41) is 36.6. The summed E-state index contributed by atoms with van der Waals surface area (Å²) in [5.74, 6) is 0.832. The number of nitrogens with zero attached hydrogens (tertiary/aromatic N) is 9. The summed E-state index contributed by atoms with van der Waals surface area (Å²) < 4.78 is 12.1. The first-order chi connectivity index (χ1) is 43.0.